The van der Waals surface area contributed by atoms with E-state index in [0.29, 0.717) is 0 Å². The van der Waals surface area contributed by atoms with Gasteiger partial charge in [-0.3, -0.25) is 16.0 Å². The molecule has 0 radical (unpaired) electrons. The molecule has 170 valence electrons. The molecule has 0 unspecified atom stereocenters. The van der Waals surface area contributed by atoms with E-state index in [1.54, 1.807) is 10.6 Å². The third-order valence-electron chi connectivity index (χ3n) is 1.74. The lowest BCUT2D eigenvalue weighted by molar-refractivity contribution is -0.0435. The van der Waals surface area contributed by atoms with Gasteiger partial charge in [0.1, 0.15) is 11.2 Å². The molecule has 0 saturated carbocycles. The highest BCUT2D eigenvalue weighted by atomic mass is 32.2. The summed E-state index contributed by atoms with van der Waals surface area (Å²) >= 11 is 0. The van der Waals surface area contributed by atoms with Gasteiger partial charge < -0.3 is 20.9 Å². The van der Waals surface area contributed by atoms with Crippen LogP contribution in [0.25, 0.3) is 0 Å². The molecule has 16 heteroatoms. The number of ether oxygens (including phenoxy) is 2. The summed E-state index contributed by atoms with van der Waals surface area (Å²) in [5.74, 6) is -1.65. The lowest BCUT2D eigenvalue weighted by atomic mass is 10.2. The highest BCUT2D eigenvalue weighted by molar-refractivity contribution is 7.91. The van der Waals surface area contributed by atoms with Gasteiger partial charge in [0, 0.05) is 0 Å². The number of nitrogens with zero attached hydrogens (tertiary/aromatic N) is 1. The summed E-state index contributed by atoms with van der Waals surface area (Å²) in [6.07, 6.45) is -2.67. The average molecular weight is 450 g/mol. The van der Waals surface area contributed by atoms with Crippen molar-refractivity contribution in [2.75, 3.05) is 0 Å². The van der Waals surface area contributed by atoms with Gasteiger partial charge in [-0.25, -0.2) is 9.59 Å². The van der Waals surface area contributed by atoms with Crippen LogP contribution in [-0.2, 0) is 19.5 Å². The van der Waals surface area contributed by atoms with Crippen LogP contribution in [0.4, 0.5) is 22.8 Å². The van der Waals surface area contributed by atoms with E-state index in [1.165, 1.54) is 41.5 Å². The fourth-order valence-electron chi connectivity index (χ4n) is 1.05. The second-order valence-corrected chi connectivity index (χ2v) is 8.67. The number of nitrogens with two attached hydrogens (primary N) is 2. The Kier molecular flexibility index (Phi) is 9.93. The quantitative estimate of drug-likeness (QED) is 0.288. The Balaban J connectivity index is 0. The standard InChI is InChI=1S/C12H20F3N3O6S.CH5N3/c1-10(2,3)23-8(19)16-7(17-9(20)24-11(4,5)6)18-25(21,22)12(13,14)15;2-1(3)4/h1-6H3,(H2,16,17,18,19,20);(H5,2,3,4). The summed E-state index contributed by atoms with van der Waals surface area (Å²) in [7, 11) is -6.03. The van der Waals surface area contributed by atoms with Crippen LogP contribution >= 0.6 is 0 Å². The number of hydrogen-bond acceptors (Lipinski definition) is 7. The number of carbonyl (C=O) groups is 2. The van der Waals surface area contributed by atoms with Gasteiger partial charge in [0.2, 0.25) is 5.96 Å². The monoisotopic (exact) mass is 450 g/mol. The number of alkyl carbamates (subject to hydrolysis) is 2. The summed E-state index contributed by atoms with van der Waals surface area (Å²) in [6.45, 7) is 8.73. The topological polar surface area (TPSA) is 199 Å². The first-order valence-electron chi connectivity index (χ1n) is 7.56. The number of guanidine groups is 2. The summed E-state index contributed by atoms with van der Waals surface area (Å²) < 4.78 is 71.3. The molecule has 0 aliphatic carbocycles. The molecule has 0 aromatic rings. The number of halogens is 3. The Bertz CT molecular complexity index is 702. The van der Waals surface area contributed by atoms with Crippen molar-refractivity contribution in [2.24, 2.45) is 15.9 Å². The van der Waals surface area contributed by atoms with E-state index in [1.807, 2.05) is 0 Å². The number of amides is 2. The molecule has 2 amide bonds. The summed E-state index contributed by atoms with van der Waals surface area (Å²) in [5.41, 5.74) is 1.14. The third kappa shape index (κ3) is 15.9. The predicted octanol–water partition coefficient (Wildman–Crippen LogP) is 1.08. The van der Waals surface area contributed by atoms with Gasteiger partial charge >= 0.3 is 27.7 Å². The van der Waals surface area contributed by atoms with Gasteiger partial charge in [0.15, 0.2) is 5.96 Å². The Hall–Kier alpha value is -2.78. The van der Waals surface area contributed by atoms with Gasteiger partial charge in [-0.15, -0.1) is 4.40 Å². The van der Waals surface area contributed by atoms with E-state index in [0.717, 1.165) is 0 Å². The number of rotatable bonds is 1. The Morgan fingerprint density at radius 1 is 0.897 bits per heavy atom. The zero-order valence-corrected chi connectivity index (χ0v) is 17.4. The van der Waals surface area contributed by atoms with Crippen molar-refractivity contribution in [3.8, 4) is 0 Å². The van der Waals surface area contributed by atoms with Crippen molar-refractivity contribution in [3.05, 3.63) is 0 Å². The van der Waals surface area contributed by atoms with E-state index in [2.05, 4.69) is 15.9 Å². The Morgan fingerprint density at radius 3 is 1.38 bits per heavy atom. The highest BCUT2D eigenvalue weighted by Crippen LogP contribution is 2.24. The fraction of sp³-hybridized carbons (Fsp3) is 0.692. The minimum absolute atomic E-state index is 0.333. The minimum Gasteiger partial charge on any atom is -0.444 e. The largest absolute Gasteiger partial charge is 0.518 e. The normalized spacial score (nSPS) is 11.9. The molecule has 0 rings (SSSR count). The maximum absolute atomic E-state index is 12.4. The van der Waals surface area contributed by atoms with Crippen molar-refractivity contribution in [1.29, 1.82) is 5.41 Å². The predicted molar refractivity (Wildman–Crippen MR) is 97.3 cm³/mol. The molecule has 0 aliphatic rings. The van der Waals surface area contributed by atoms with Crippen molar-refractivity contribution in [1.82, 2.24) is 10.6 Å². The van der Waals surface area contributed by atoms with Crippen LogP contribution in [-0.4, -0.2) is 49.2 Å². The summed E-state index contributed by atoms with van der Waals surface area (Å²) in [4.78, 5) is 23.2. The number of hydrogen-bond donors (Lipinski definition) is 5. The van der Waals surface area contributed by atoms with Crippen molar-refractivity contribution in [2.45, 2.75) is 58.3 Å². The van der Waals surface area contributed by atoms with Gasteiger partial charge in [0.05, 0.1) is 0 Å². The van der Waals surface area contributed by atoms with E-state index in [-0.39, 0.29) is 5.96 Å². The molecule has 0 heterocycles. The number of sulfonamides is 1. The van der Waals surface area contributed by atoms with Crippen molar-refractivity contribution in [3.63, 3.8) is 0 Å². The SMILES string of the molecule is CC(C)(C)OC(=O)NC(=NS(=O)(=O)C(F)(F)F)NC(=O)OC(C)(C)C.N=C(N)N. The Labute approximate surface area is 165 Å². The van der Waals surface area contributed by atoms with E-state index in [9.17, 15) is 31.2 Å². The van der Waals surface area contributed by atoms with E-state index >= 15 is 0 Å². The smallest absolute Gasteiger partial charge is 0.444 e. The van der Waals surface area contributed by atoms with Crippen molar-refractivity contribution < 1.29 is 40.7 Å². The molecule has 12 nitrogen and oxygen atoms in total. The van der Waals surface area contributed by atoms with Crippen LogP contribution in [0.3, 0.4) is 0 Å². The Morgan fingerprint density at radius 2 is 1.17 bits per heavy atom. The molecular weight excluding hydrogens is 425 g/mol. The summed E-state index contributed by atoms with van der Waals surface area (Å²) in [6, 6.07) is 0. The zero-order valence-electron chi connectivity index (χ0n) is 16.6. The molecule has 0 atom stereocenters. The van der Waals surface area contributed by atoms with Gasteiger partial charge in [-0.2, -0.15) is 21.6 Å². The van der Waals surface area contributed by atoms with Crippen LogP contribution in [0, 0.1) is 5.41 Å². The van der Waals surface area contributed by atoms with Crippen LogP contribution < -0.4 is 22.1 Å². The molecule has 29 heavy (non-hydrogen) atoms. The van der Waals surface area contributed by atoms with E-state index in [4.69, 9.17) is 14.9 Å². The molecule has 7 N–H and O–H groups in total. The lowest BCUT2D eigenvalue weighted by Crippen LogP contribution is -2.48. The van der Waals surface area contributed by atoms with Crippen molar-refractivity contribution >= 4 is 34.1 Å². The molecule has 0 fully saturated rings. The highest BCUT2D eigenvalue weighted by Gasteiger charge is 2.46. The molecule has 0 aliphatic heterocycles. The summed E-state index contributed by atoms with van der Waals surface area (Å²) in [5, 5.41) is 9.29. The van der Waals surface area contributed by atoms with Gasteiger partial charge in [-0.05, 0) is 41.5 Å². The second kappa shape index (κ2) is 10.1. The molecule has 0 aromatic heterocycles. The first-order valence-corrected chi connectivity index (χ1v) is 9.00. The first-order chi connectivity index (χ1) is 12.6. The number of alkyl halides is 3. The van der Waals surface area contributed by atoms with Crippen LogP contribution in [0.5, 0.6) is 0 Å². The number of carbonyl (C=O) groups excluding carboxylic acids is 2. The fourth-order valence-corrected chi connectivity index (χ4v) is 1.48. The van der Waals surface area contributed by atoms with Gasteiger partial charge in [0.25, 0.3) is 0 Å². The zero-order chi connectivity index (χ0) is 23.8. The molecule has 0 aromatic carbocycles. The maximum Gasteiger partial charge on any atom is 0.518 e. The minimum atomic E-state index is -6.03. The molecule has 0 bridgehead atoms. The number of nitrogens with one attached hydrogen (secondary N) is 3. The van der Waals surface area contributed by atoms with Crippen LogP contribution in [0.1, 0.15) is 41.5 Å². The van der Waals surface area contributed by atoms with Gasteiger partial charge in [-0.1, -0.05) is 0 Å². The average Bonchev–Trinajstić information content (AvgIpc) is 2.29. The maximum atomic E-state index is 12.4. The van der Waals surface area contributed by atoms with Crippen LogP contribution in [0.15, 0.2) is 4.40 Å². The second-order valence-electron chi connectivity index (χ2n) is 7.07. The van der Waals surface area contributed by atoms with Crippen LogP contribution in [0.2, 0.25) is 0 Å². The molecule has 0 saturated heterocycles. The van der Waals surface area contributed by atoms with E-state index < -0.39 is 44.9 Å². The lowest BCUT2D eigenvalue weighted by Gasteiger charge is -2.22. The molecular formula is C13H25F3N6O6S. The molecule has 0 spiro atoms. The third-order valence-corrected chi connectivity index (χ3v) is 2.75. The first kappa shape index (κ1) is 28.4.